The van der Waals surface area contributed by atoms with Crippen molar-refractivity contribution in [3.05, 3.63) is 29.0 Å². The molecule has 1 aromatic carbocycles. The van der Waals surface area contributed by atoms with Crippen LogP contribution in [0, 0.1) is 13.8 Å². The highest BCUT2D eigenvalue weighted by molar-refractivity contribution is 6.06. The zero-order chi connectivity index (χ0) is 19.8. The van der Waals surface area contributed by atoms with Crippen LogP contribution >= 0.6 is 0 Å². The van der Waals surface area contributed by atoms with E-state index in [2.05, 4.69) is 32.8 Å². The molecule has 7 heteroatoms. The number of nitrogens with zero attached hydrogens (tertiary/aromatic N) is 2. The van der Waals surface area contributed by atoms with E-state index in [9.17, 15) is 9.59 Å². The van der Waals surface area contributed by atoms with Crippen molar-refractivity contribution in [2.45, 2.75) is 53.4 Å². The van der Waals surface area contributed by atoms with Gasteiger partial charge in [0, 0.05) is 13.1 Å². The summed E-state index contributed by atoms with van der Waals surface area (Å²) < 4.78 is 0. The van der Waals surface area contributed by atoms with E-state index in [4.69, 9.17) is 0 Å². The summed E-state index contributed by atoms with van der Waals surface area (Å²) in [7, 11) is 0. The molecule has 146 valence electrons. The van der Waals surface area contributed by atoms with Gasteiger partial charge in [-0.2, -0.15) is 0 Å². The van der Waals surface area contributed by atoms with Crippen LogP contribution in [0.15, 0.2) is 12.1 Å². The number of carbonyl (C=O) groups is 2. The number of hydrogen-bond donors (Lipinski definition) is 3. The molecule has 0 aliphatic rings. The Morgan fingerprint density at radius 2 is 1.52 bits per heavy atom. The number of amides is 3. The zero-order valence-corrected chi connectivity index (χ0v) is 16.6. The second-order valence-corrected chi connectivity index (χ2v) is 6.69. The maximum atomic E-state index is 12.6. The van der Waals surface area contributed by atoms with E-state index < -0.39 is 11.9 Å². The molecule has 7 nitrogen and oxygen atoms in total. The van der Waals surface area contributed by atoms with Gasteiger partial charge in [0.15, 0.2) is 11.5 Å². The molecule has 2 aromatic rings. The normalized spacial score (nSPS) is 10.7. The quantitative estimate of drug-likeness (QED) is 0.615. The van der Waals surface area contributed by atoms with E-state index in [1.54, 1.807) is 0 Å². The van der Waals surface area contributed by atoms with Gasteiger partial charge in [-0.3, -0.25) is 10.1 Å². The predicted molar refractivity (Wildman–Crippen MR) is 108 cm³/mol. The minimum Gasteiger partial charge on any atom is -0.368 e. The molecule has 27 heavy (non-hydrogen) atoms. The number of unbranched alkanes of at least 4 members (excludes halogenated alkanes) is 2. The number of fused-ring (bicyclic) bond motifs is 1. The van der Waals surface area contributed by atoms with Gasteiger partial charge in [-0.05, 0) is 49.9 Å². The molecule has 0 saturated carbocycles. The molecule has 0 saturated heterocycles. The van der Waals surface area contributed by atoms with Gasteiger partial charge in [0.05, 0.1) is 11.0 Å². The molecule has 1 aromatic heterocycles. The van der Waals surface area contributed by atoms with Gasteiger partial charge in [0.2, 0.25) is 0 Å². The molecule has 0 fully saturated rings. The van der Waals surface area contributed by atoms with Crippen LogP contribution in [0.25, 0.3) is 11.0 Å². The summed E-state index contributed by atoms with van der Waals surface area (Å²) in [5.41, 5.74) is 3.68. The third-order valence-corrected chi connectivity index (χ3v) is 4.36. The van der Waals surface area contributed by atoms with E-state index in [1.165, 1.54) is 0 Å². The number of imide groups is 1. The average molecular weight is 371 g/mol. The van der Waals surface area contributed by atoms with Gasteiger partial charge >= 0.3 is 6.03 Å². The fourth-order valence-electron chi connectivity index (χ4n) is 2.56. The first-order chi connectivity index (χ1) is 13.0. The second kappa shape index (κ2) is 9.85. The van der Waals surface area contributed by atoms with E-state index >= 15 is 0 Å². The molecule has 0 radical (unpaired) electrons. The van der Waals surface area contributed by atoms with Crippen LogP contribution in [0.3, 0.4) is 0 Å². The van der Waals surface area contributed by atoms with Gasteiger partial charge in [-0.1, -0.05) is 26.7 Å². The minimum atomic E-state index is -0.560. The van der Waals surface area contributed by atoms with Crippen LogP contribution < -0.4 is 16.0 Å². The number of nitrogens with one attached hydrogen (secondary N) is 3. The standard InChI is InChI=1S/C20H29N5O2/c1-5-7-9-21-18-17(19(26)25-20(27)22-10-8-6-2)23-15-11-13(3)14(4)12-16(15)24-18/h11-12H,5-10H2,1-4H3,(H,21,24)(H2,22,25,26,27). The molecule has 0 unspecified atom stereocenters. The van der Waals surface area contributed by atoms with Crippen molar-refractivity contribution >= 4 is 28.8 Å². The van der Waals surface area contributed by atoms with Crippen molar-refractivity contribution in [1.29, 1.82) is 0 Å². The highest BCUT2D eigenvalue weighted by Gasteiger charge is 2.19. The van der Waals surface area contributed by atoms with Crippen LogP contribution in [-0.4, -0.2) is 35.0 Å². The topological polar surface area (TPSA) is 96.0 Å². The van der Waals surface area contributed by atoms with Crippen LogP contribution in [0.5, 0.6) is 0 Å². The van der Waals surface area contributed by atoms with Crippen LogP contribution in [-0.2, 0) is 0 Å². The van der Waals surface area contributed by atoms with E-state index in [0.29, 0.717) is 24.4 Å². The lowest BCUT2D eigenvalue weighted by Gasteiger charge is -2.13. The van der Waals surface area contributed by atoms with Crippen molar-refractivity contribution in [1.82, 2.24) is 20.6 Å². The maximum Gasteiger partial charge on any atom is 0.321 e. The lowest BCUT2D eigenvalue weighted by Crippen LogP contribution is -2.40. The first-order valence-corrected chi connectivity index (χ1v) is 9.58. The van der Waals surface area contributed by atoms with Crippen LogP contribution in [0.4, 0.5) is 10.6 Å². The third kappa shape index (κ3) is 5.64. The minimum absolute atomic E-state index is 0.132. The highest BCUT2D eigenvalue weighted by atomic mass is 16.2. The lowest BCUT2D eigenvalue weighted by molar-refractivity contribution is 0.0960. The number of carbonyl (C=O) groups excluding carboxylic acids is 2. The summed E-state index contributed by atoms with van der Waals surface area (Å²) >= 11 is 0. The Hall–Kier alpha value is -2.70. The number of hydrogen-bond acceptors (Lipinski definition) is 5. The third-order valence-electron chi connectivity index (χ3n) is 4.36. The Kier molecular flexibility index (Phi) is 7.52. The number of anilines is 1. The van der Waals surface area contributed by atoms with Gasteiger partial charge in [-0.25, -0.2) is 14.8 Å². The Morgan fingerprint density at radius 3 is 2.15 bits per heavy atom. The summed E-state index contributed by atoms with van der Waals surface area (Å²) in [6.07, 6.45) is 3.80. The molecular weight excluding hydrogens is 342 g/mol. The molecule has 0 spiro atoms. The summed E-state index contributed by atoms with van der Waals surface area (Å²) in [6.45, 7) is 9.35. The van der Waals surface area contributed by atoms with Gasteiger partial charge < -0.3 is 10.6 Å². The fourth-order valence-corrected chi connectivity index (χ4v) is 2.56. The largest absolute Gasteiger partial charge is 0.368 e. The predicted octanol–water partition coefficient (Wildman–Crippen LogP) is 3.70. The Bertz CT molecular complexity index is 820. The summed E-state index contributed by atoms with van der Waals surface area (Å²) in [5.74, 6) is -0.159. The summed E-state index contributed by atoms with van der Waals surface area (Å²) in [6, 6.07) is 3.35. The van der Waals surface area contributed by atoms with E-state index in [0.717, 1.165) is 42.3 Å². The average Bonchev–Trinajstić information content (AvgIpc) is 2.63. The molecule has 2 rings (SSSR count). The summed E-state index contributed by atoms with van der Waals surface area (Å²) in [4.78, 5) is 33.6. The van der Waals surface area contributed by atoms with Crippen LogP contribution in [0.1, 0.15) is 61.1 Å². The molecule has 0 aliphatic heterocycles. The van der Waals surface area contributed by atoms with E-state index in [1.807, 2.05) is 32.9 Å². The van der Waals surface area contributed by atoms with Crippen molar-refractivity contribution < 1.29 is 9.59 Å². The molecule has 3 N–H and O–H groups in total. The zero-order valence-electron chi connectivity index (χ0n) is 16.6. The van der Waals surface area contributed by atoms with Crippen molar-refractivity contribution in [3.8, 4) is 0 Å². The number of urea groups is 1. The summed E-state index contributed by atoms with van der Waals surface area (Å²) in [5, 5.41) is 8.20. The van der Waals surface area contributed by atoms with Gasteiger partial charge in [0.25, 0.3) is 5.91 Å². The molecule has 0 atom stereocenters. The molecule has 1 heterocycles. The number of aromatic nitrogens is 2. The highest BCUT2D eigenvalue weighted by Crippen LogP contribution is 2.21. The Labute approximate surface area is 160 Å². The van der Waals surface area contributed by atoms with Crippen molar-refractivity contribution in [2.75, 3.05) is 18.4 Å². The van der Waals surface area contributed by atoms with Gasteiger partial charge in [0.1, 0.15) is 0 Å². The van der Waals surface area contributed by atoms with E-state index in [-0.39, 0.29) is 5.69 Å². The Morgan fingerprint density at radius 1 is 0.926 bits per heavy atom. The molecular formula is C20H29N5O2. The lowest BCUT2D eigenvalue weighted by atomic mass is 10.1. The second-order valence-electron chi connectivity index (χ2n) is 6.69. The fraction of sp³-hybridized carbons (Fsp3) is 0.500. The number of benzene rings is 1. The number of rotatable bonds is 8. The van der Waals surface area contributed by atoms with Crippen molar-refractivity contribution in [3.63, 3.8) is 0 Å². The first-order valence-electron chi connectivity index (χ1n) is 9.58. The molecule has 0 bridgehead atoms. The SMILES string of the molecule is CCCCNC(=O)NC(=O)c1nc2cc(C)c(C)cc2nc1NCCCC. The van der Waals surface area contributed by atoms with Crippen molar-refractivity contribution in [2.24, 2.45) is 0 Å². The van der Waals surface area contributed by atoms with Gasteiger partial charge in [-0.15, -0.1) is 0 Å². The Balaban J connectivity index is 2.30. The number of aryl methyl sites for hydroxylation is 2. The molecule has 3 amide bonds. The van der Waals surface area contributed by atoms with Crippen LogP contribution in [0.2, 0.25) is 0 Å². The maximum absolute atomic E-state index is 12.6. The monoisotopic (exact) mass is 371 g/mol. The first kappa shape index (κ1) is 20.6. The molecule has 0 aliphatic carbocycles. The smallest absolute Gasteiger partial charge is 0.321 e.